The van der Waals surface area contributed by atoms with E-state index in [0.717, 1.165) is 24.9 Å². The molecule has 1 aromatic heterocycles. The van der Waals surface area contributed by atoms with Crippen molar-refractivity contribution in [1.29, 1.82) is 0 Å². The van der Waals surface area contributed by atoms with Crippen molar-refractivity contribution in [1.82, 2.24) is 10.3 Å². The van der Waals surface area contributed by atoms with Gasteiger partial charge >= 0.3 is 0 Å². The van der Waals surface area contributed by atoms with Gasteiger partial charge in [0.05, 0.1) is 5.69 Å². The number of thiazole rings is 1. The van der Waals surface area contributed by atoms with Crippen molar-refractivity contribution >= 4 is 16.5 Å². The Morgan fingerprint density at radius 2 is 2.05 bits per heavy atom. The summed E-state index contributed by atoms with van der Waals surface area (Å²) < 4.78 is 0. The van der Waals surface area contributed by atoms with Crippen molar-refractivity contribution < 1.29 is 0 Å². The first kappa shape index (κ1) is 15.3. The van der Waals surface area contributed by atoms with Gasteiger partial charge in [-0.1, -0.05) is 20.3 Å². The maximum absolute atomic E-state index is 5.04. The van der Waals surface area contributed by atoms with E-state index in [-0.39, 0.29) is 0 Å². The molecule has 0 unspecified atom stereocenters. The summed E-state index contributed by atoms with van der Waals surface area (Å²) in [6.45, 7) is 9.99. The Bertz CT molecular complexity index is 461. The van der Waals surface area contributed by atoms with Gasteiger partial charge in [0.15, 0.2) is 5.13 Å². The maximum Gasteiger partial charge on any atom is 0.185 e. The fourth-order valence-electron chi connectivity index (χ4n) is 2.91. The Kier molecular flexibility index (Phi) is 4.85. The zero-order chi connectivity index (χ0) is 14.8. The SMILES string of the molecule is CCN(CC1CCC1)c1nc(C2CC2)c(CNC(C)C)s1. The van der Waals surface area contributed by atoms with Crippen LogP contribution in [0.5, 0.6) is 0 Å². The lowest BCUT2D eigenvalue weighted by atomic mass is 9.85. The molecule has 1 heterocycles. The summed E-state index contributed by atoms with van der Waals surface area (Å²) in [6, 6.07) is 0.542. The van der Waals surface area contributed by atoms with E-state index in [4.69, 9.17) is 4.98 Å². The lowest BCUT2D eigenvalue weighted by Crippen LogP contribution is -2.32. The highest BCUT2D eigenvalue weighted by Crippen LogP contribution is 2.44. The monoisotopic (exact) mass is 307 g/mol. The first-order valence-electron chi connectivity index (χ1n) is 8.65. The summed E-state index contributed by atoms with van der Waals surface area (Å²) in [5.74, 6) is 1.66. The normalized spacial score (nSPS) is 19.0. The molecule has 0 aliphatic heterocycles. The molecule has 21 heavy (non-hydrogen) atoms. The lowest BCUT2D eigenvalue weighted by molar-refractivity contribution is 0.318. The van der Waals surface area contributed by atoms with Crippen LogP contribution in [0.25, 0.3) is 0 Å². The van der Waals surface area contributed by atoms with Crippen LogP contribution in [-0.2, 0) is 6.54 Å². The van der Waals surface area contributed by atoms with Crippen molar-refractivity contribution in [2.45, 2.75) is 71.4 Å². The Morgan fingerprint density at radius 3 is 2.57 bits per heavy atom. The second-order valence-electron chi connectivity index (χ2n) is 6.95. The number of hydrogen-bond donors (Lipinski definition) is 1. The minimum Gasteiger partial charge on any atom is -0.348 e. The van der Waals surface area contributed by atoms with Crippen LogP contribution in [-0.4, -0.2) is 24.1 Å². The van der Waals surface area contributed by atoms with E-state index in [1.165, 1.54) is 54.4 Å². The summed E-state index contributed by atoms with van der Waals surface area (Å²) in [5.41, 5.74) is 1.40. The molecule has 3 nitrogen and oxygen atoms in total. The summed E-state index contributed by atoms with van der Waals surface area (Å²) >= 11 is 1.93. The number of rotatable bonds is 8. The van der Waals surface area contributed by atoms with E-state index in [9.17, 15) is 0 Å². The van der Waals surface area contributed by atoms with E-state index in [1.807, 2.05) is 11.3 Å². The molecule has 1 N–H and O–H groups in total. The number of hydrogen-bond acceptors (Lipinski definition) is 4. The third-order valence-corrected chi connectivity index (χ3v) is 5.84. The number of nitrogens with zero attached hydrogens (tertiary/aromatic N) is 2. The zero-order valence-electron chi connectivity index (χ0n) is 13.7. The topological polar surface area (TPSA) is 28.2 Å². The van der Waals surface area contributed by atoms with Crippen LogP contribution in [0.2, 0.25) is 0 Å². The molecule has 0 aromatic carbocycles. The predicted octanol–water partition coefficient (Wildman–Crippen LogP) is 4.14. The van der Waals surface area contributed by atoms with Gasteiger partial charge in [-0.2, -0.15) is 0 Å². The zero-order valence-corrected chi connectivity index (χ0v) is 14.5. The lowest BCUT2D eigenvalue weighted by Gasteiger charge is -2.31. The molecule has 0 bridgehead atoms. The molecular weight excluding hydrogens is 278 g/mol. The Morgan fingerprint density at radius 1 is 1.29 bits per heavy atom. The highest BCUT2D eigenvalue weighted by atomic mass is 32.1. The van der Waals surface area contributed by atoms with Gasteiger partial charge in [-0.05, 0) is 38.5 Å². The Balaban J connectivity index is 1.72. The van der Waals surface area contributed by atoms with Crippen molar-refractivity contribution in [3.8, 4) is 0 Å². The largest absolute Gasteiger partial charge is 0.348 e. The van der Waals surface area contributed by atoms with Gasteiger partial charge in [-0.25, -0.2) is 4.98 Å². The second-order valence-corrected chi connectivity index (χ2v) is 8.01. The standard InChI is InChI=1S/C17H29N3S/c1-4-20(11-13-6-5-7-13)17-19-16(14-8-9-14)15(21-17)10-18-12(2)3/h12-14,18H,4-11H2,1-3H3. The van der Waals surface area contributed by atoms with Crippen LogP contribution in [0.1, 0.15) is 69.4 Å². The summed E-state index contributed by atoms with van der Waals surface area (Å²) in [4.78, 5) is 9.03. The van der Waals surface area contributed by atoms with Gasteiger partial charge in [0.2, 0.25) is 0 Å². The van der Waals surface area contributed by atoms with Crippen LogP contribution in [0.15, 0.2) is 0 Å². The minimum absolute atomic E-state index is 0.542. The molecule has 2 aliphatic rings. The smallest absolute Gasteiger partial charge is 0.185 e. The quantitative estimate of drug-likeness (QED) is 0.782. The van der Waals surface area contributed by atoms with Crippen molar-refractivity contribution in [3.05, 3.63) is 10.6 Å². The third-order valence-electron chi connectivity index (χ3n) is 4.71. The van der Waals surface area contributed by atoms with E-state index in [1.54, 1.807) is 0 Å². The predicted molar refractivity (Wildman–Crippen MR) is 91.3 cm³/mol. The van der Waals surface area contributed by atoms with Crippen LogP contribution < -0.4 is 10.2 Å². The summed E-state index contributed by atoms with van der Waals surface area (Å²) in [7, 11) is 0. The van der Waals surface area contributed by atoms with Gasteiger partial charge in [0.1, 0.15) is 0 Å². The first-order chi connectivity index (χ1) is 10.2. The van der Waals surface area contributed by atoms with Crippen molar-refractivity contribution in [2.75, 3.05) is 18.0 Å². The number of aromatic nitrogens is 1. The minimum atomic E-state index is 0.542. The van der Waals surface area contributed by atoms with Gasteiger partial charge in [0.25, 0.3) is 0 Å². The molecule has 4 heteroatoms. The van der Waals surface area contributed by atoms with Gasteiger partial charge in [-0.15, -0.1) is 11.3 Å². The molecule has 2 fully saturated rings. The Hall–Kier alpha value is -0.610. The van der Waals surface area contributed by atoms with E-state index in [2.05, 4.69) is 31.0 Å². The first-order valence-corrected chi connectivity index (χ1v) is 9.47. The molecule has 0 atom stereocenters. The second kappa shape index (κ2) is 6.66. The molecule has 1 aromatic rings. The molecule has 0 spiro atoms. The van der Waals surface area contributed by atoms with Crippen molar-refractivity contribution in [2.24, 2.45) is 5.92 Å². The highest BCUT2D eigenvalue weighted by Gasteiger charge is 2.31. The Labute approximate surface area is 133 Å². The van der Waals surface area contributed by atoms with Crippen LogP contribution in [0.3, 0.4) is 0 Å². The summed E-state index contributed by atoms with van der Waals surface area (Å²) in [5, 5.41) is 4.84. The molecule has 118 valence electrons. The third kappa shape index (κ3) is 3.78. The van der Waals surface area contributed by atoms with Gasteiger partial charge < -0.3 is 10.2 Å². The van der Waals surface area contributed by atoms with E-state index < -0.39 is 0 Å². The molecule has 3 rings (SSSR count). The molecule has 0 saturated heterocycles. The van der Waals surface area contributed by atoms with Crippen LogP contribution >= 0.6 is 11.3 Å². The fourth-order valence-corrected chi connectivity index (χ4v) is 4.08. The molecule has 2 aliphatic carbocycles. The van der Waals surface area contributed by atoms with Crippen LogP contribution in [0.4, 0.5) is 5.13 Å². The van der Waals surface area contributed by atoms with Gasteiger partial charge in [0, 0.05) is 36.5 Å². The molecule has 2 saturated carbocycles. The highest BCUT2D eigenvalue weighted by molar-refractivity contribution is 7.15. The fraction of sp³-hybridized carbons (Fsp3) is 0.824. The average Bonchev–Trinajstić information content (AvgIpc) is 3.16. The number of nitrogens with one attached hydrogen (secondary N) is 1. The van der Waals surface area contributed by atoms with E-state index >= 15 is 0 Å². The van der Waals surface area contributed by atoms with Gasteiger partial charge in [-0.3, -0.25) is 0 Å². The molecule has 0 amide bonds. The van der Waals surface area contributed by atoms with Crippen molar-refractivity contribution in [3.63, 3.8) is 0 Å². The average molecular weight is 308 g/mol. The maximum atomic E-state index is 5.04. The van der Waals surface area contributed by atoms with Crippen LogP contribution in [0, 0.1) is 5.92 Å². The summed E-state index contributed by atoms with van der Waals surface area (Å²) in [6.07, 6.45) is 6.94. The molecular formula is C17H29N3S. The molecule has 0 radical (unpaired) electrons. The van der Waals surface area contributed by atoms with E-state index in [0.29, 0.717) is 6.04 Å². The number of anilines is 1.